The lowest BCUT2D eigenvalue weighted by molar-refractivity contribution is 0.102. The smallest absolute Gasteiger partial charge is 0.274 e. The normalized spacial score (nSPS) is 10.7. The van der Waals surface area contributed by atoms with Gasteiger partial charge in [0.2, 0.25) is 0 Å². The minimum Gasteiger partial charge on any atom is -0.366 e. The molecule has 0 spiro atoms. The van der Waals surface area contributed by atoms with E-state index in [0.29, 0.717) is 29.8 Å². The number of nitrogens with one attached hydrogen (secondary N) is 2. The second-order valence-corrected chi connectivity index (χ2v) is 6.76. The van der Waals surface area contributed by atoms with Gasteiger partial charge in [0, 0.05) is 18.3 Å². The number of hydrogen-bond acceptors (Lipinski definition) is 4. The van der Waals surface area contributed by atoms with Crippen molar-refractivity contribution in [2.75, 3.05) is 10.6 Å². The molecular weight excluding hydrogens is 336 g/mol. The summed E-state index contributed by atoms with van der Waals surface area (Å²) in [5.74, 6) is 1.39. The first-order valence-corrected chi connectivity index (χ1v) is 9.06. The summed E-state index contributed by atoms with van der Waals surface area (Å²) in [5, 5.41) is 6.15. The maximum absolute atomic E-state index is 12.6. The predicted molar refractivity (Wildman–Crippen MR) is 109 cm³/mol. The van der Waals surface area contributed by atoms with E-state index in [1.807, 2.05) is 54.6 Å². The number of carbonyl (C=O) groups excluding carboxylic acids is 1. The summed E-state index contributed by atoms with van der Waals surface area (Å²) in [6, 6.07) is 19.6. The number of amides is 1. The van der Waals surface area contributed by atoms with Crippen molar-refractivity contribution in [3.05, 3.63) is 83.3 Å². The third kappa shape index (κ3) is 5.14. The van der Waals surface area contributed by atoms with Gasteiger partial charge in [-0.05, 0) is 36.1 Å². The largest absolute Gasteiger partial charge is 0.366 e. The Hall–Kier alpha value is -3.21. The molecule has 1 heterocycles. The van der Waals surface area contributed by atoms with Gasteiger partial charge in [-0.2, -0.15) is 0 Å². The topological polar surface area (TPSA) is 66.9 Å². The molecule has 1 amide bonds. The van der Waals surface area contributed by atoms with Gasteiger partial charge in [-0.3, -0.25) is 4.79 Å². The van der Waals surface area contributed by atoms with Crippen LogP contribution in [0.5, 0.6) is 0 Å². The fraction of sp³-hybridized carbons (Fsp3) is 0.227. The van der Waals surface area contributed by atoms with E-state index >= 15 is 0 Å². The Labute approximate surface area is 159 Å². The van der Waals surface area contributed by atoms with E-state index in [-0.39, 0.29) is 5.91 Å². The number of carbonyl (C=O) groups is 1. The van der Waals surface area contributed by atoms with Crippen LogP contribution >= 0.6 is 0 Å². The highest BCUT2D eigenvalue weighted by atomic mass is 16.1. The van der Waals surface area contributed by atoms with Gasteiger partial charge in [-0.15, -0.1) is 0 Å². The molecular formula is C22H24N4O. The number of nitrogens with zero attached hydrogens (tertiary/aromatic N) is 2. The third-order valence-corrected chi connectivity index (χ3v) is 4.22. The Morgan fingerprint density at radius 2 is 1.70 bits per heavy atom. The minimum atomic E-state index is -0.249. The molecule has 0 bridgehead atoms. The number of aryl methyl sites for hydroxylation is 1. The summed E-state index contributed by atoms with van der Waals surface area (Å²) < 4.78 is 0. The fourth-order valence-corrected chi connectivity index (χ4v) is 2.71. The van der Waals surface area contributed by atoms with Gasteiger partial charge in [0.05, 0.1) is 0 Å². The van der Waals surface area contributed by atoms with Gasteiger partial charge in [0.15, 0.2) is 0 Å². The van der Waals surface area contributed by atoms with Crippen LogP contribution in [0.4, 0.5) is 11.5 Å². The zero-order valence-corrected chi connectivity index (χ0v) is 15.9. The third-order valence-electron chi connectivity index (χ3n) is 4.22. The zero-order chi connectivity index (χ0) is 19.2. The number of aromatic nitrogens is 2. The molecule has 0 radical (unpaired) electrons. The summed E-state index contributed by atoms with van der Waals surface area (Å²) >= 11 is 0. The molecule has 0 aliphatic carbocycles. The van der Waals surface area contributed by atoms with Crippen LogP contribution in [-0.4, -0.2) is 15.9 Å². The molecule has 2 N–H and O–H groups in total. The van der Waals surface area contributed by atoms with Crippen molar-refractivity contribution in [2.24, 2.45) is 0 Å². The quantitative estimate of drug-likeness (QED) is 0.664. The first kappa shape index (κ1) is 18.6. The SMILES string of the molecule is Cc1nc(NCc2ccccc2)cc(C(=O)Nc2ccc(C(C)C)cc2)n1. The Kier molecular flexibility index (Phi) is 5.81. The summed E-state index contributed by atoms with van der Waals surface area (Å²) in [5.41, 5.74) is 3.47. The van der Waals surface area contributed by atoms with Gasteiger partial charge in [-0.25, -0.2) is 9.97 Å². The molecule has 27 heavy (non-hydrogen) atoms. The highest BCUT2D eigenvalue weighted by molar-refractivity contribution is 6.03. The van der Waals surface area contributed by atoms with Crippen LogP contribution < -0.4 is 10.6 Å². The molecule has 3 rings (SSSR count). The van der Waals surface area contributed by atoms with Crippen LogP contribution in [0.2, 0.25) is 0 Å². The van der Waals surface area contributed by atoms with Gasteiger partial charge in [0.1, 0.15) is 17.3 Å². The van der Waals surface area contributed by atoms with Crippen molar-refractivity contribution in [3.8, 4) is 0 Å². The van der Waals surface area contributed by atoms with E-state index in [2.05, 4.69) is 34.4 Å². The van der Waals surface area contributed by atoms with Crippen molar-refractivity contribution in [3.63, 3.8) is 0 Å². The number of anilines is 2. The molecule has 0 fully saturated rings. The van der Waals surface area contributed by atoms with Crippen LogP contribution in [0.25, 0.3) is 0 Å². The maximum atomic E-state index is 12.6. The van der Waals surface area contributed by atoms with E-state index in [1.54, 1.807) is 13.0 Å². The van der Waals surface area contributed by atoms with E-state index in [9.17, 15) is 4.79 Å². The summed E-state index contributed by atoms with van der Waals surface area (Å²) in [7, 11) is 0. The fourth-order valence-electron chi connectivity index (χ4n) is 2.71. The summed E-state index contributed by atoms with van der Waals surface area (Å²) in [6.07, 6.45) is 0. The first-order valence-electron chi connectivity index (χ1n) is 9.06. The number of benzene rings is 2. The Bertz CT molecular complexity index is 905. The monoisotopic (exact) mass is 360 g/mol. The highest BCUT2D eigenvalue weighted by Gasteiger charge is 2.11. The lowest BCUT2D eigenvalue weighted by Crippen LogP contribution is -2.16. The first-order chi connectivity index (χ1) is 13.0. The second-order valence-electron chi connectivity index (χ2n) is 6.76. The van der Waals surface area contributed by atoms with Gasteiger partial charge in [-0.1, -0.05) is 56.3 Å². The van der Waals surface area contributed by atoms with E-state index < -0.39 is 0 Å². The van der Waals surface area contributed by atoms with Crippen LogP contribution in [0.3, 0.4) is 0 Å². The van der Waals surface area contributed by atoms with Crippen LogP contribution in [0.15, 0.2) is 60.7 Å². The van der Waals surface area contributed by atoms with Crippen molar-refractivity contribution >= 4 is 17.4 Å². The highest BCUT2D eigenvalue weighted by Crippen LogP contribution is 2.18. The second kappa shape index (κ2) is 8.45. The number of hydrogen-bond donors (Lipinski definition) is 2. The Balaban J connectivity index is 1.69. The van der Waals surface area contributed by atoms with Crippen molar-refractivity contribution in [1.82, 2.24) is 9.97 Å². The van der Waals surface area contributed by atoms with Crippen molar-refractivity contribution < 1.29 is 4.79 Å². The average Bonchev–Trinajstić information content (AvgIpc) is 2.67. The molecule has 1 aromatic heterocycles. The standard InChI is InChI=1S/C22H24N4O/c1-15(2)18-9-11-19(12-10-18)26-22(27)20-13-21(25-16(3)24-20)23-14-17-7-5-4-6-8-17/h4-13,15H,14H2,1-3H3,(H,26,27)(H,23,24,25). The molecule has 0 saturated heterocycles. The summed E-state index contributed by atoms with van der Waals surface area (Å²) in [4.78, 5) is 21.2. The molecule has 0 aliphatic rings. The van der Waals surface area contributed by atoms with E-state index in [1.165, 1.54) is 5.56 Å². The molecule has 0 atom stereocenters. The lowest BCUT2D eigenvalue weighted by Gasteiger charge is -2.10. The Morgan fingerprint density at radius 3 is 2.37 bits per heavy atom. The van der Waals surface area contributed by atoms with E-state index in [0.717, 1.165) is 11.3 Å². The number of rotatable bonds is 6. The predicted octanol–water partition coefficient (Wildman–Crippen LogP) is 4.77. The minimum absolute atomic E-state index is 0.249. The van der Waals surface area contributed by atoms with E-state index in [4.69, 9.17) is 0 Å². The lowest BCUT2D eigenvalue weighted by atomic mass is 10.0. The summed E-state index contributed by atoms with van der Waals surface area (Å²) in [6.45, 7) is 6.69. The van der Waals surface area contributed by atoms with Crippen LogP contribution in [-0.2, 0) is 6.54 Å². The van der Waals surface area contributed by atoms with Crippen LogP contribution in [0, 0.1) is 6.92 Å². The molecule has 5 heteroatoms. The molecule has 5 nitrogen and oxygen atoms in total. The Morgan fingerprint density at radius 1 is 1.00 bits per heavy atom. The molecule has 3 aromatic rings. The van der Waals surface area contributed by atoms with Crippen LogP contribution in [0.1, 0.15) is 47.2 Å². The zero-order valence-electron chi connectivity index (χ0n) is 15.9. The molecule has 0 saturated carbocycles. The van der Waals surface area contributed by atoms with Gasteiger partial charge >= 0.3 is 0 Å². The maximum Gasteiger partial charge on any atom is 0.274 e. The molecule has 0 aliphatic heterocycles. The van der Waals surface area contributed by atoms with Gasteiger partial charge in [0.25, 0.3) is 5.91 Å². The van der Waals surface area contributed by atoms with Gasteiger partial charge < -0.3 is 10.6 Å². The average molecular weight is 360 g/mol. The molecule has 0 unspecified atom stereocenters. The molecule has 2 aromatic carbocycles. The van der Waals surface area contributed by atoms with Crippen molar-refractivity contribution in [1.29, 1.82) is 0 Å². The van der Waals surface area contributed by atoms with Crippen molar-refractivity contribution in [2.45, 2.75) is 33.2 Å². The molecule has 138 valence electrons.